The number of likely N-dealkylation sites (tertiary alicyclic amines) is 1. The zero-order valence-corrected chi connectivity index (χ0v) is 21.8. The molecule has 11 heteroatoms. The third-order valence-electron chi connectivity index (χ3n) is 6.13. The summed E-state index contributed by atoms with van der Waals surface area (Å²) in [6, 6.07) is 10.3. The molecular formula is C27H27ClF2N2O6. The molecule has 1 fully saturated rings. The van der Waals surface area contributed by atoms with E-state index in [1.54, 1.807) is 45.0 Å². The van der Waals surface area contributed by atoms with E-state index in [1.165, 1.54) is 11.0 Å². The standard InChI is InChI=1S/C27H27ClF2N2O6/c1-27(2,3)37-26(35)32-11-10-18(19(13-32)25(33)34)15-4-6-16(7-5-15)36-14-17-12-22(31-38-17)23-20(29)8-9-21(30)24(23)28/h4-9,12,18-19H,10-11,13-14H2,1-3H3,(H,33,34). The fourth-order valence-corrected chi connectivity index (χ4v) is 4.57. The second kappa shape index (κ2) is 11.0. The summed E-state index contributed by atoms with van der Waals surface area (Å²) in [5, 5.41) is 13.2. The van der Waals surface area contributed by atoms with Gasteiger partial charge in [0.15, 0.2) is 5.76 Å². The van der Waals surface area contributed by atoms with Crippen LogP contribution in [0.25, 0.3) is 11.3 Å². The Labute approximate surface area is 223 Å². The average Bonchev–Trinajstić information content (AvgIpc) is 3.32. The van der Waals surface area contributed by atoms with Crippen molar-refractivity contribution in [2.75, 3.05) is 13.1 Å². The summed E-state index contributed by atoms with van der Waals surface area (Å²) in [6.07, 6.45) is -0.0554. The fourth-order valence-electron chi connectivity index (χ4n) is 4.32. The van der Waals surface area contributed by atoms with Crippen molar-refractivity contribution in [1.29, 1.82) is 0 Å². The molecule has 0 radical (unpaired) electrons. The highest BCUT2D eigenvalue weighted by atomic mass is 35.5. The minimum atomic E-state index is -0.987. The number of carboxylic acids is 1. The van der Waals surface area contributed by atoms with Crippen molar-refractivity contribution in [3.05, 3.63) is 70.4 Å². The van der Waals surface area contributed by atoms with Gasteiger partial charge in [-0.3, -0.25) is 4.79 Å². The van der Waals surface area contributed by atoms with Gasteiger partial charge in [-0.2, -0.15) is 0 Å². The number of carboxylic acid groups (broad SMARTS) is 1. The Morgan fingerprint density at radius 3 is 2.50 bits per heavy atom. The molecular weight excluding hydrogens is 522 g/mol. The summed E-state index contributed by atoms with van der Waals surface area (Å²) < 4.78 is 44.2. The van der Waals surface area contributed by atoms with E-state index in [2.05, 4.69) is 5.16 Å². The molecule has 1 N–H and O–H groups in total. The number of hydrogen-bond donors (Lipinski definition) is 1. The Balaban J connectivity index is 1.39. The molecule has 8 nitrogen and oxygen atoms in total. The minimum absolute atomic E-state index is 0.0348. The molecule has 2 atom stereocenters. The summed E-state index contributed by atoms with van der Waals surface area (Å²) in [4.78, 5) is 25.9. The van der Waals surface area contributed by atoms with Crippen LogP contribution in [0.15, 0.2) is 47.0 Å². The SMILES string of the molecule is CC(C)(C)OC(=O)N1CCC(c2ccc(OCc3cc(-c4c(F)ccc(F)c4Cl)no3)cc2)C(C(=O)O)C1. The van der Waals surface area contributed by atoms with E-state index in [-0.39, 0.29) is 36.1 Å². The quantitative estimate of drug-likeness (QED) is 0.362. The molecule has 1 aliphatic rings. The molecule has 202 valence electrons. The maximum Gasteiger partial charge on any atom is 0.410 e. The van der Waals surface area contributed by atoms with Crippen LogP contribution in [0.4, 0.5) is 13.6 Å². The van der Waals surface area contributed by atoms with Crippen LogP contribution in [0, 0.1) is 17.6 Å². The van der Waals surface area contributed by atoms with Crippen LogP contribution < -0.4 is 4.74 Å². The predicted molar refractivity (Wildman–Crippen MR) is 134 cm³/mol. The Morgan fingerprint density at radius 1 is 1.16 bits per heavy atom. The van der Waals surface area contributed by atoms with Gasteiger partial charge in [-0.25, -0.2) is 13.6 Å². The first-order valence-electron chi connectivity index (χ1n) is 12.0. The Morgan fingerprint density at radius 2 is 1.84 bits per heavy atom. The first-order valence-corrected chi connectivity index (χ1v) is 12.3. The number of ether oxygens (including phenoxy) is 2. The normalized spacial score (nSPS) is 17.8. The molecule has 0 saturated carbocycles. The van der Waals surface area contributed by atoms with Crippen LogP contribution in [0.2, 0.25) is 5.02 Å². The van der Waals surface area contributed by atoms with Crippen LogP contribution in [0.1, 0.15) is 44.4 Å². The van der Waals surface area contributed by atoms with E-state index >= 15 is 0 Å². The van der Waals surface area contributed by atoms with E-state index < -0.39 is 40.2 Å². The Kier molecular flexibility index (Phi) is 7.91. The van der Waals surface area contributed by atoms with Gasteiger partial charge >= 0.3 is 12.1 Å². The molecule has 0 aliphatic carbocycles. The highest BCUT2D eigenvalue weighted by Crippen LogP contribution is 2.35. The van der Waals surface area contributed by atoms with E-state index in [9.17, 15) is 23.5 Å². The van der Waals surface area contributed by atoms with Crippen molar-refractivity contribution in [3.63, 3.8) is 0 Å². The summed E-state index contributed by atoms with van der Waals surface area (Å²) in [5.74, 6) is -2.81. The van der Waals surface area contributed by atoms with Gasteiger partial charge in [0.2, 0.25) is 0 Å². The number of amides is 1. The monoisotopic (exact) mass is 548 g/mol. The lowest BCUT2D eigenvalue weighted by atomic mass is 9.80. The second-order valence-corrected chi connectivity index (χ2v) is 10.4. The van der Waals surface area contributed by atoms with Crippen LogP contribution in [0.5, 0.6) is 5.75 Å². The molecule has 3 aromatic rings. The fraction of sp³-hybridized carbons (Fsp3) is 0.370. The molecule has 38 heavy (non-hydrogen) atoms. The predicted octanol–water partition coefficient (Wildman–Crippen LogP) is 6.28. The summed E-state index contributed by atoms with van der Waals surface area (Å²) >= 11 is 5.88. The molecule has 4 rings (SSSR count). The van der Waals surface area contributed by atoms with E-state index in [0.29, 0.717) is 18.7 Å². The highest BCUT2D eigenvalue weighted by molar-refractivity contribution is 6.33. The average molecular weight is 549 g/mol. The van der Waals surface area contributed by atoms with Crippen LogP contribution in [-0.2, 0) is 16.1 Å². The molecule has 1 amide bonds. The molecule has 2 unspecified atom stereocenters. The molecule has 1 aromatic heterocycles. The van der Waals surface area contributed by atoms with Gasteiger partial charge in [0.1, 0.15) is 35.3 Å². The summed E-state index contributed by atoms with van der Waals surface area (Å²) in [7, 11) is 0. The number of aliphatic carboxylic acids is 1. The van der Waals surface area contributed by atoms with Crippen molar-refractivity contribution in [3.8, 4) is 17.0 Å². The third-order valence-corrected chi connectivity index (χ3v) is 6.50. The number of nitrogens with zero attached hydrogens (tertiary/aromatic N) is 2. The van der Waals surface area contributed by atoms with Gasteiger partial charge in [0, 0.05) is 25.1 Å². The number of piperidine rings is 1. The van der Waals surface area contributed by atoms with Gasteiger partial charge < -0.3 is 24.0 Å². The van der Waals surface area contributed by atoms with Crippen molar-refractivity contribution in [2.45, 2.75) is 45.3 Å². The van der Waals surface area contributed by atoms with Crippen molar-refractivity contribution < 1.29 is 37.5 Å². The lowest BCUT2D eigenvalue weighted by Crippen LogP contribution is -2.47. The van der Waals surface area contributed by atoms with E-state index in [4.69, 9.17) is 25.6 Å². The smallest absolute Gasteiger partial charge is 0.410 e. The van der Waals surface area contributed by atoms with Gasteiger partial charge in [0.05, 0.1) is 16.5 Å². The Bertz CT molecular complexity index is 1320. The second-order valence-electron chi connectivity index (χ2n) is 10.0. The number of hydrogen-bond acceptors (Lipinski definition) is 6. The highest BCUT2D eigenvalue weighted by Gasteiger charge is 2.38. The molecule has 0 bridgehead atoms. The third kappa shape index (κ3) is 6.24. The van der Waals surface area contributed by atoms with Crippen LogP contribution in [0.3, 0.4) is 0 Å². The summed E-state index contributed by atoms with van der Waals surface area (Å²) in [5.41, 5.74) is -0.0137. The topological polar surface area (TPSA) is 102 Å². The molecule has 0 spiro atoms. The van der Waals surface area contributed by atoms with Crippen molar-refractivity contribution in [1.82, 2.24) is 10.1 Å². The maximum absolute atomic E-state index is 14.1. The number of aromatic nitrogens is 1. The van der Waals surface area contributed by atoms with Crippen LogP contribution >= 0.6 is 11.6 Å². The number of carbonyl (C=O) groups is 2. The van der Waals surface area contributed by atoms with Crippen molar-refractivity contribution >= 4 is 23.7 Å². The number of benzene rings is 2. The lowest BCUT2D eigenvalue weighted by Gasteiger charge is -2.37. The van der Waals surface area contributed by atoms with Gasteiger partial charge in [0.25, 0.3) is 0 Å². The van der Waals surface area contributed by atoms with Gasteiger partial charge in [-0.15, -0.1) is 0 Å². The molecule has 2 aromatic carbocycles. The lowest BCUT2D eigenvalue weighted by molar-refractivity contribution is -0.144. The number of carbonyl (C=O) groups excluding carboxylic acids is 1. The van der Waals surface area contributed by atoms with E-state index in [0.717, 1.165) is 17.7 Å². The molecule has 1 aliphatic heterocycles. The zero-order chi connectivity index (χ0) is 27.6. The maximum atomic E-state index is 14.1. The first kappa shape index (κ1) is 27.4. The Hall–Kier alpha value is -3.66. The molecule has 1 saturated heterocycles. The van der Waals surface area contributed by atoms with Crippen LogP contribution in [-0.4, -0.2) is 45.9 Å². The number of halogens is 3. The van der Waals surface area contributed by atoms with Crippen molar-refractivity contribution in [2.24, 2.45) is 5.92 Å². The number of rotatable bonds is 6. The minimum Gasteiger partial charge on any atom is -0.486 e. The van der Waals surface area contributed by atoms with E-state index in [1.807, 2.05) is 0 Å². The summed E-state index contributed by atoms with van der Waals surface area (Å²) in [6.45, 7) is 5.68. The zero-order valence-electron chi connectivity index (χ0n) is 21.0. The first-order chi connectivity index (χ1) is 17.9. The van der Waals surface area contributed by atoms with Gasteiger partial charge in [-0.05, 0) is 57.0 Å². The molecule has 2 heterocycles. The van der Waals surface area contributed by atoms with Gasteiger partial charge in [-0.1, -0.05) is 28.9 Å². The largest absolute Gasteiger partial charge is 0.486 e.